The largest absolute Gasteiger partial charge is 0.492 e. The molecule has 1 aliphatic heterocycles. The summed E-state index contributed by atoms with van der Waals surface area (Å²) < 4.78 is 5.65. The van der Waals surface area contributed by atoms with Gasteiger partial charge in [-0.05, 0) is 37.1 Å². The summed E-state index contributed by atoms with van der Waals surface area (Å²) in [7, 11) is 0. The molecule has 1 aromatic carbocycles. The number of nitrogens with one attached hydrogen (secondary N) is 1. The molecule has 1 N–H and O–H groups in total. The number of rotatable bonds is 4. The summed E-state index contributed by atoms with van der Waals surface area (Å²) in [6.07, 6.45) is 1.42. The molecule has 1 atom stereocenters. The van der Waals surface area contributed by atoms with Crippen LogP contribution >= 0.6 is 22.9 Å². The Kier molecular flexibility index (Phi) is 4.64. The van der Waals surface area contributed by atoms with Crippen LogP contribution < -0.4 is 10.1 Å². The first-order valence-corrected chi connectivity index (χ1v) is 8.47. The maximum absolute atomic E-state index is 12.2. The zero-order chi connectivity index (χ0) is 15.5. The standard InChI is InChI=1S/C16H17ClN2O2S/c1-10-19-14(9-22-10)4-5-18-16(20)12-6-11-7-13(17)2-3-15(11)21-8-12/h2-3,7,9,12H,4-6,8H2,1H3,(H,18,20)/t12-/m1/s1. The molecule has 6 heteroatoms. The van der Waals surface area contributed by atoms with Gasteiger partial charge in [-0.3, -0.25) is 4.79 Å². The second-order valence-corrected chi connectivity index (χ2v) is 6.86. The van der Waals surface area contributed by atoms with Gasteiger partial charge in [0.05, 0.1) is 16.6 Å². The number of hydrogen-bond acceptors (Lipinski definition) is 4. The van der Waals surface area contributed by atoms with Crippen molar-refractivity contribution in [3.63, 3.8) is 0 Å². The van der Waals surface area contributed by atoms with Gasteiger partial charge in [-0.2, -0.15) is 0 Å². The Labute approximate surface area is 138 Å². The molecule has 3 rings (SSSR count). The molecule has 0 unspecified atom stereocenters. The molecule has 1 amide bonds. The lowest BCUT2D eigenvalue weighted by Crippen LogP contribution is -2.38. The van der Waals surface area contributed by atoms with Crippen LogP contribution in [0, 0.1) is 12.8 Å². The minimum atomic E-state index is -0.164. The Bertz CT molecular complexity index is 687. The lowest BCUT2D eigenvalue weighted by atomic mass is 9.96. The second kappa shape index (κ2) is 6.67. The first kappa shape index (κ1) is 15.3. The number of hydrogen-bond donors (Lipinski definition) is 1. The fraction of sp³-hybridized carbons (Fsp3) is 0.375. The molecule has 1 aliphatic rings. The Balaban J connectivity index is 1.53. The second-order valence-electron chi connectivity index (χ2n) is 5.36. The summed E-state index contributed by atoms with van der Waals surface area (Å²) >= 11 is 7.62. The highest BCUT2D eigenvalue weighted by atomic mass is 35.5. The fourth-order valence-corrected chi connectivity index (χ4v) is 3.35. The number of aryl methyl sites for hydroxylation is 1. The van der Waals surface area contributed by atoms with Gasteiger partial charge in [0.15, 0.2) is 0 Å². The topological polar surface area (TPSA) is 51.2 Å². The van der Waals surface area contributed by atoms with E-state index in [2.05, 4.69) is 10.3 Å². The van der Waals surface area contributed by atoms with Crippen molar-refractivity contribution in [2.45, 2.75) is 19.8 Å². The first-order valence-electron chi connectivity index (χ1n) is 7.22. The van der Waals surface area contributed by atoms with E-state index in [-0.39, 0.29) is 11.8 Å². The zero-order valence-electron chi connectivity index (χ0n) is 12.3. The third kappa shape index (κ3) is 3.59. The summed E-state index contributed by atoms with van der Waals surface area (Å²) in [6.45, 7) is 2.99. The number of benzene rings is 1. The average Bonchev–Trinajstić information content (AvgIpc) is 2.92. The summed E-state index contributed by atoms with van der Waals surface area (Å²) in [6, 6.07) is 5.53. The van der Waals surface area contributed by atoms with Crippen molar-refractivity contribution in [1.29, 1.82) is 0 Å². The van der Waals surface area contributed by atoms with E-state index in [0.717, 1.165) is 28.4 Å². The summed E-state index contributed by atoms with van der Waals surface area (Å²) in [5.74, 6) is 0.687. The molecule has 1 aromatic heterocycles. The number of nitrogens with zero attached hydrogens (tertiary/aromatic N) is 1. The van der Waals surface area contributed by atoms with Gasteiger partial charge in [0.1, 0.15) is 12.4 Å². The molecular formula is C16H17ClN2O2S. The minimum absolute atomic E-state index is 0.0255. The Morgan fingerprint density at radius 2 is 2.41 bits per heavy atom. The molecule has 0 aliphatic carbocycles. The van der Waals surface area contributed by atoms with Gasteiger partial charge in [-0.15, -0.1) is 11.3 Å². The molecule has 0 saturated carbocycles. The van der Waals surface area contributed by atoms with Crippen molar-refractivity contribution in [2.75, 3.05) is 13.2 Å². The van der Waals surface area contributed by atoms with Gasteiger partial charge in [-0.25, -0.2) is 4.98 Å². The van der Waals surface area contributed by atoms with Crippen LogP contribution in [0.5, 0.6) is 5.75 Å². The van der Waals surface area contributed by atoms with Crippen molar-refractivity contribution in [1.82, 2.24) is 10.3 Å². The Morgan fingerprint density at radius 1 is 1.55 bits per heavy atom. The van der Waals surface area contributed by atoms with E-state index in [1.165, 1.54) is 0 Å². The number of thiazole rings is 1. The lowest BCUT2D eigenvalue weighted by molar-refractivity contribution is -0.126. The van der Waals surface area contributed by atoms with Gasteiger partial charge >= 0.3 is 0 Å². The molecule has 4 nitrogen and oxygen atoms in total. The van der Waals surface area contributed by atoms with Gasteiger partial charge in [0, 0.05) is 23.4 Å². The van der Waals surface area contributed by atoms with E-state index < -0.39 is 0 Å². The van der Waals surface area contributed by atoms with E-state index in [9.17, 15) is 4.79 Å². The van der Waals surface area contributed by atoms with Gasteiger partial charge in [-0.1, -0.05) is 11.6 Å². The summed E-state index contributed by atoms with van der Waals surface area (Å²) in [5, 5.41) is 6.72. The lowest BCUT2D eigenvalue weighted by Gasteiger charge is -2.24. The molecule has 0 saturated heterocycles. The summed E-state index contributed by atoms with van der Waals surface area (Å²) in [5.41, 5.74) is 2.02. The third-order valence-electron chi connectivity index (χ3n) is 3.65. The quantitative estimate of drug-likeness (QED) is 0.933. The minimum Gasteiger partial charge on any atom is -0.492 e. The van der Waals surface area contributed by atoms with E-state index in [1.807, 2.05) is 24.4 Å². The third-order valence-corrected chi connectivity index (χ3v) is 4.70. The molecule has 0 bridgehead atoms. The first-order chi connectivity index (χ1) is 10.6. The van der Waals surface area contributed by atoms with Crippen LogP contribution in [0.2, 0.25) is 5.02 Å². The normalized spacial score (nSPS) is 16.7. The monoisotopic (exact) mass is 336 g/mol. The van der Waals surface area contributed by atoms with Crippen LogP contribution in [0.15, 0.2) is 23.6 Å². The van der Waals surface area contributed by atoms with Crippen molar-refractivity contribution in [3.8, 4) is 5.75 Å². The Morgan fingerprint density at radius 3 is 3.18 bits per heavy atom. The van der Waals surface area contributed by atoms with E-state index in [4.69, 9.17) is 16.3 Å². The molecule has 0 radical (unpaired) electrons. The van der Waals surface area contributed by atoms with Gasteiger partial charge in [0.25, 0.3) is 0 Å². The van der Waals surface area contributed by atoms with Crippen LogP contribution in [-0.2, 0) is 17.6 Å². The maximum atomic E-state index is 12.2. The van der Waals surface area contributed by atoms with Gasteiger partial charge in [0.2, 0.25) is 5.91 Å². The number of carbonyl (C=O) groups excluding carboxylic acids is 1. The smallest absolute Gasteiger partial charge is 0.226 e. The fourth-order valence-electron chi connectivity index (χ4n) is 2.51. The number of ether oxygens (including phenoxy) is 1. The predicted octanol–water partition coefficient (Wildman–Crippen LogP) is 3.01. The SMILES string of the molecule is Cc1nc(CCNC(=O)[C@H]2COc3ccc(Cl)cc3C2)cs1. The number of aromatic nitrogens is 1. The highest BCUT2D eigenvalue weighted by Crippen LogP contribution is 2.29. The van der Waals surface area contributed by atoms with Crippen molar-refractivity contribution in [3.05, 3.63) is 44.9 Å². The molecule has 2 heterocycles. The van der Waals surface area contributed by atoms with Crippen LogP contribution in [0.25, 0.3) is 0 Å². The highest BCUT2D eigenvalue weighted by molar-refractivity contribution is 7.09. The molecule has 116 valence electrons. The van der Waals surface area contributed by atoms with E-state index in [1.54, 1.807) is 17.4 Å². The average molecular weight is 337 g/mol. The maximum Gasteiger partial charge on any atom is 0.226 e. The highest BCUT2D eigenvalue weighted by Gasteiger charge is 2.25. The predicted molar refractivity (Wildman–Crippen MR) is 87.7 cm³/mol. The van der Waals surface area contributed by atoms with Crippen molar-refractivity contribution >= 4 is 28.8 Å². The molecular weight excluding hydrogens is 320 g/mol. The number of carbonyl (C=O) groups is 1. The number of amides is 1. The van der Waals surface area contributed by atoms with Gasteiger partial charge < -0.3 is 10.1 Å². The van der Waals surface area contributed by atoms with E-state index in [0.29, 0.717) is 24.6 Å². The van der Waals surface area contributed by atoms with Crippen LogP contribution in [0.1, 0.15) is 16.3 Å². The van der Waals surface area contributed by atoms with Crippen LogP contribution in [-0.4, -0.2) is 24.0 Å². The molecule has 0 spiro atoms. The molecule has 2 aromatic rings. The Hall–Kier alpha value is -1.59. The molecule has 0 fully saturated rings. The van der Waals surface area contributed by atoms with Crippen LogP contribution in [0.4, 0.5) is 0 Å². The number of fused-ring (bicyclic) bond motifs is 1. The zero-order valence-corrected chi connectivity index (χ0v) is 13.8. The van der Waals surface area contributed by atoms with Crippen molar-refractivity contribution in [2.24, 2.45) is 5.92 Å². The molecule has 22 heavy (non-hydrogen) atoms. The van der Waals surface area contributed by atoms with E-state index >= 15 is 0 Å². The number of halogens is 1. The summed E-state index contributed by atoms with van der Waals surface area (Å²) in [4.78, 5) is 16.6. The van der Waals surface area contributed by atoms with Crippen LogP contribution in [0.3, 0.4) is 0 Å². The van der Waals surface area contributed by atoms with Crippen molar-refractivity contribution < 1.29 is 9.53 Å².